The number of carbonyl (C=O) groups excluding carboxylic acids is 3. The van der Waals surface area contributed by atoms with Crippen LogP contribution < -0.4 is 0 Å². The summed E-state index contributed by atoms with van der Waals surface area (Å²) in [4.78, 5) is 39.6. The van der Waals surface area contributed by atoms with E-state index in [1.54, 1.807) is 32.1 Å². The minimum Gasteiger partial charge on any atom is -0.507 e. The van der Waals surface area contributed by atoms with E-state index >= 15 is 0 Å². The summed E-state index contributed by atoms with van der Waals surface area (Å²) in [6.07, 6.45) is 7.14. The van der Waals surface area contributed by atoms with Crippen molar-refractivity contribution in [2.75, 3.05) is 0 Å². The zero-order chi connectivity index (χ0) is 31.7. The molecule has 5 rings (SSSR count). The van der Waals surface area contributed by atoms with E-state index in [9.17, 15) is 34.8 Å². The molecule has 1 saturated heterocycles. The van der Waals surface area contributed by atoms with E-state index in [1.807, 2.05) is 6.08 Å². The zero-order valence-electron chi connectivity index (χ0n) is 24.9. The Hall–Kier alpha value is -4.47. The maximum absolute atomic E-state index is 13.7. The van der Waals surface area contributed by atoms with Gasteiger partial charge in [-0.25, -0.2) is 4.79 Å². The Labute approximate surface area is 255 Å². The highest BCUT2D eigenvalue weighted by molar-refractivity contribution is 6.32. The quantitative estimate of drug-likeness (QED) is 0.0844. The maximum atomic E-state index is 13.7. The molecular weight excluding hydrogens is 564 g/mol. The fraction of sp³-hybridized carbons (Fsp3) is 0.343. The molecule has 4 atom stereocenters. The third kappa shape index (κ3) is 5.73. The first-order valence-corrected chi connectivity index (χ1v) is 14.8. The lowest BCUT2D eigenvalue weighted by molar-refractivity contribution is -0.190. The van der Waals surface area contributed by atoms with Gasteiger partial charge < -0.3 is 29.9 Å². The van der Waals surface area contributed by atoms with E-state index in [0.717, 1.165) is 25.7 Å². The SMILES string of the molecule is CCCCC/C=C/C=C/C(=O)OC1[C@H](C)OC(c2ccc3c(c2O)C(=O)c2cc4c(O)cc(C)cc4c(O)c2C3=O)C[C@@H]1O. The molecule has 0 aromatic heterocycles. The van der Waals surface area contributed by atoms with Gasteiger partial charge in [-0.2, -0.15) is 0 Å². The van der Waals surface area contributed by atoms with Crippen LogP contribution in [0.4, 0.5) is 0 Å². The van der Waals surface area contributed by atoms with Gasteiger partial charge in [0.1, 0.15) is 17.2 Å². The van der Waals surface area contributed by atoms with E-state index in [1.165, 1.54) is 30.3 Å². The molecular formula is C35H36O9. The number of aryl methyl sites for hydroxylation is 1. The summed E-state index contributed by atoms with van der Waals surface area (Å²) in [5, 5.41) is 44.1. The normalized spacial score (nSPS) is 21.6. The van der Waals surface area contributed by atoms with Gasteiger partial charge in [0, 0.05) is 40.0 Å². The Balaban J connectivity index is 1.36. The van der Waals surface area contributed by atoms with Crippen LogP contribution in [0, 0.1) is 6.92 Å². The van der Waals surface area contributed by atoms with Crippen LogP contribution in [0.15, 0.2) is 54.6 Å². The number of carbonyl (C=O) groups is 3. The van der Waals surface area contributed by atoms with Crippen molar-refractivity contribution in [3.8, 4) is 17.2 Å². The molecule has 0 radical (unpaired) electrons. The summed E-state index contributed by atoms with van der Waals surface area (Å²) >= 11 is 0. The fourth-order valence-corrected chi connectivity index (χ4v) is 6.00. The summed E-state index contributed by atoms with van der Waals surface area (Å²) in [6, 6.07) is 7.27. The monoisotopic (exact) mass is 600 g/mol. The first-order chi connectivity index (χ1) is 21.0. The average molecular weight is 601 g/mol. The van der Waals surface area contributed by atoms with Crippen molar-refractivity contribution in [3.05, 3.63) is 88.0 Å². The van der Waals surface area contributed by atoms with Crippen molar-refractivity contribution in [1.29, 1.82) is 0 Å². The molecule has 3 aromatic rings. The lowest BCUT2D eigenvalue weighted by Crippen LogP contribution is -2.46. The van der Waals surface area contributed by atoms with Gasteiger partial charge in [-0.15, -0.1) is 0 Å². The molecule has 0 saturated carbocycles. The molecule has 9 nitrogen and oxygen atoms in total. The van der Waals surface area contributed by atoms with Crippen LogP contribution >= 0.6 is 0 Å². The molecule has 0 amide bonds. The highest BCUT2D eigenvalue weighted by Gasteiger charge is 2.42. The van der Waals surface area contributed by atoms with Gasteiger partial charge in [-0.1, -0.05) is 44.1 Å². The predicted molar refractivity (Wildman–Crippen MR) is 163 cm³/mol. The number of aliphatic hydroxyl groups excluding tert-OH is 1. The fourth-order valence-electron chi connectivity index (χ4n) is 6.00. The van der Waals surface area contributed by atoms with Crippen molar-refractivity contribution in [2.45, 2.75) is 77.3 Å². The van der Waals surface area contributed by atoms with Gasteiger partial charge >= 0.3 is 5.97 Å². The van der Waals surface area contributed by atoms with Crippen molar-refractivity contribution < 1.29 is 44.3 Å². The highest BCUT2D eigenvalue weighted by atomic mass is 16.6. The Morgan fingerprint density at radius 3 is 2.43 bits per heavy atom. The van der Waals surface area contributed by atoms with Gasteiger partial charge in [0.15, 0.2) is 17.7 Å². The molecule has 44 heavy (non-hydrogen) atoms. The standard InChI is InChI=1S/C35H36O9/c1-4-5-6-7-8-9-10-11-28(38)44-35-19(3)43-27(17-26(35)37)20-12-13-21-29(31(20)39)34(42)24-16-22-23(14-18(2)15-25(22)36)33(41)30(24)32(21)40/h8-16,19,26-27,35-37,39,41H,4-7,17H2,1-3H3/b9-8+,11-10+/t19-,26-,27?,35?/m0/s1. The van der Waals surface area contributed by atoms with Crippen molar-refractivity contribution >= 4 is 28.3 Å². The highest BCUT2D eigenvalue weighted by Crippen LogP contribution is 2.45. The van der Waals surface area contributed by atoms with E-state index in [0.29, 0.717) is 5.56 Å². The zero-order valence-corrected chi connectivity index (χ0v) is 24.9. The number of allylic oxidation sites excluding steroid dienone is 3. The van der Waals surface area contributed by atoms with Crippen LogP contribution in [0.3, 0.4) is 0 Å². The first kappa shape index (κ1) is 31.0. The number of ether oxygens (including phenoxy) is 2. The summed E-state index contributed by atoms with van der Waals surface area (Å²) in [5.41, 5.74) is 0.157. The minimum absolute atomic E-state index is 0.0486. The summed E-state index contributed by atoms with van der Waals surface area (Å²) in [6.45, 7) is 5.49. The van der Waals surface area contributed by atoms with Gasteiger partial charge in [0.05, 0.1) is 29.4 Å². The third-order valence-electron chi connectivity index (χ3n) is 8.23. The molecule has 0 spiro atoms. The van der Waals surface area contributed by atoms with Crippen molar-refractivity contribution in [2.24, 2.45) is 0 Å². The molecule has 1 aliphatic carbocycles. The largest absolute Gasteiger partial charge is 0.507 e. The number of hydrogen-bond donors (Lipinski definition) is 4. The smallest absolute Gasteiger partial charge is 0.331 e. The Morgan fingerprint density at radius 2 is 1.70 bits per heavy atom. The van der Waals surface area contributed by atoms with E-state index in [4.69, 9.17) is 9.47 Å². The van der Waals surface area contributed by atoms with E-state index < -0.39 is 53.5 Å². The van der Waals surface area contributed by atoms with Crippen LogP contribution in [0.2, 0.25) is 0 Å². The van der Waals surface area contributed by atoms with Gasteiger partial charge in [0.25, 0.3) is 0 Å². The molecule has 2 aliphatic rings. The number of phenols is 3. The minimum atomic E-state index is -1.13. The van der Waals surface area contributed by atoms with Gasteiger partial charge in [-0.3, -0.25) is 9.59 Å². The summed E-state index contributed by atoms with van der Waals surface area (Å²) < 4.78 is 11.5. The number of aliphatic hydroxyl groups is 1. The number of benzene rings is 3. The Kier molecular flexibility index (Phi) is 8.90. The number of unbranched alkanes of at least 4 members (excludes halogenated alkanes) is 3. The molecule has 1 aliphatic heterocycles. The molecule has 1 heterocycles. The lowest BCUT2D eigenvalue weighted by Gasteiger charge is -2.38. The van der Waals surface area contributed by atoms with Crippen molar-refractivity contribution in [3.63, 3.8) is 0 Å². The van der Waals surface area contributed by atoms with Crippen LogP contribution in [0.25, 0.3) is 10.8 Å². The van der Waals surface area contributed by atoms with Crippen LogP contribution in [-0.2, 0) is 14.3 Å². The number of ketones is 2. The first-order valence-electron chi connectivity index (χ1n) is 14.8. The maximum Gasteiger partial charge on any atom is 0.331 e. The molecule has 9 heteroatoms. The van der Waals surface area contributed by atoms with Crippen LogP contribution in [-0.4, -0.2) is 56.3 Å². The molecule has 3 aromatic carbocycles. The molecule has 4 N–H and O–H groups in total. The molecule has 1 fully saturated rings. The predicted octanol–water partition coefficient (Wildman–Crippen LogP) is 5.86. The van der Waals surface area contributed by atoms with E-state index in [-0.39, 0.29) is 50.8 Å². The summed E-state index contributed by atoms with van der Waals surface area (Å²) in [5.74, 6) is -3.04. The second kappa shape index (κ2) is 12.6. The van der Waals surface area contributed by atoms with Gasteiger partial charge in [0.2, 0.25) is 0 Å². The number of fused-ring (bicyclic) bond motifs is 3. The van der Waals surface area contributed by atoms with Crippen molar-refractivity contribution in [1.82, 2.24) is 0 Å². The number of esters is 1. The van der Waals surface area contributed by atoms with Crippen LogP contribution in [0.1, 0.15) is 95.0 Å². The molecule has 230 valence electrons. The number of phenolic OH excluding ortho intramolecular Hbond substituents is 3. The van der Waals surface area contributed by atoms with Crippen LogP contribution in [0.5, 0.6) is 17.2 Å². The Morgan fingerprint density at radius 1 is 0.977 bits per heavy atom. The molecule has 0 bridgehead atoms. The topological polar surface area (TPSA) is 151 Å². The van der Waals surface area contributed by atoms with E-state index in [2.05, 4.69) is 6.92 Å². The van der Waals surface area contributed by atoms with Gasteiger partial charge in [-0.05, 0) is 56.5 Å². The second-order valence-corrected chi connectivity index (χ2v) is 11.4. The summed E-state index contributed by atoms with van der Waals surface area (Å²) in [7, 11) is 0. The third-order valence-corrected chi connectivity index (χ3v) is 8.23. The number of rotatable bonds is 8. The average Bonchev–Trinajstić information content (AvgIpc) is 2.97. The number of hydrogen-bond acceptors (Lipinski definition) is 9. The molecule has 2 unspecified atom stereocenters. The second-order valence-electron chi connectivity index (χ2n) is 11.4. The Bertz CT molecular complexity index is 1690. The lowest BCUT2D eigenvalue weighted by atomic mass is 9.79. The number of aromatic hydroxyl groups is 3.